The van der Waals surface area contributed by atoms with Gasteiger partial charge in [-0.05, 0) is 26.4 Å². The van der Waals surface area contributed by atoms with Crippen molar-refractivity contribution in [1.29, 1.82) is 0 Å². The van der Waals surface area contributed by atoms with Crippen LogP contribution >= 0.6 is 0 Å². The minimum Gasteiger partial charge on any atom is -0.470 e. The van der Waals surface area contributed by atoms with E-state index in [-0.39, 0.29) is 0 Å². The molecule has 2 nitrogen and oxygen atoms in total. The van der Waals surface area contributed by atoms with Crippen LogP contribution in [0.1, 0.15) is 26.7 Å². The van der Waals surface area contributed by atoms with Gasteiger partial charge in [-0.3, -0.25) is 0 Å². The van der Waals surface area contributed by atoms with Gasteiger partial charge in [0.25, 0.3) is 0 Å². The standard InChI is InChI=1S/C9H20N2.C2H6/c1-10(2)7-9-5-4-6-11(3)8-9;1-2/h9-10H,1,4-8H2,2-3H3;1-2H3. The Hall–Kier alpha value is -0.0800. The van der Waals surface area contributed by atoms with Gasteiger partial charge in [-0.25, -0.2) is 0 Å². The topological polar surface area (TPSA) is 7.68 Å². The molecule has 2 atom stereocenters. The van der Waals surface area contributed by atoms with E-state index in [2.05, 4.69) is 26.0 Å². The van der Waals surface area contributed by atoms with Gasteiger partial charge in [0.15, 0.2) is 0 Å². The molecule has 1 N–H and O–H groups in total. The van der Waals surface area contributed by atoms with Gasteiger partial charge < -0.3 is 9.80 Å². The highest BCUT2D eigenvalue weighted by molar-refractivity contribution is 4.69. The van der Waals surface area contributed by atoms with Crippen molar-refractivity contribution in [3.8, 4) is 0 Å². The molecule has 0 spiro atoms. The molecule has 0 bridgehead atoms. The molecule has 1 aliphatic rings. The monoisotopic (exact) mass is 186 g/mol. The SMILES string of the molecule is CC.[CH2-][NH+](C)CC1CCCN(C)C1. The van der Waals surface area contributed by atoms with Crippen LogP contribution < -0.4 is 4.90 Å². The van der Waals surface area contributed by atoms with Crippen molar-refractivity contribution >= 4 is 0 Å². The number of nitrogens with one attached hydrogen (secondary N) is 1. The van der Waals surface area contributed by atoms with E-state index >= 15 is 0 Å². The third kappa shape index (κ3) is 6.05. The fourth-order valence-electron chi connectivity index (χ4n) is 1.93. The highest BCUT2D eigenvalue weighted by Crippen LogP contribution is 2.12. The first-order chi connectivity index (χ1) is 6.18. The van der Waals surface area contributed by atoms with Crippen molar-refractivity contribution < 1.29 is 4.90 Å². The van der Waals surface area contributed by atoms with Crippen LogP contribution in [0.3, 0.4) is 0 Å². The summed E-state index contributed by atoms with van der Waals surface area (Å²) in [6, 6.07) is 0. The van der Waals surface area contributed by atoms with E-state index in [4.69, 9.17) is 0 Å². The van der Waals surface area contributed by atoms with Crippen LogP contribution in [0.2, 0.25) is 0 Å². The Morgan fingerprint density at radius 1 is 1.46 bits per heavy atom. The number of hydrogen-bond donors (Lipinski definition) is 1. The normalized spacial score (nSPS) is 26.1. The predicted molar refractivity (Wildman–Crippen MR) is 58.7 cm³/mol. The zero-order chi connectivity index (χ0) is 10.3. The molecule has 2 heteroatoms. The second kappa shape index (κ2) is 7.34. The maximum absolute atomic E-state index is 3.96. The van der Waals surface area contributed by atoms with Gasteiger partial charge >= 0.3 is 0 Å². The van der Waals surface area contributed by atoms with E-state index in [9.17, 15) is 0 Å². The van der Waals surface area contributed by atoms with Crippen LogP contribution in [-0.4, -0.2) is 38.6 Å². The Morgan fingerprint density at radius 3 is 2.54 bits per heavy atom. The molecule has 0 aromatic carbocycles. The van der Waals surface area contributed by atoms with Crippen molar-refractivity contribution in [3.63, 3.8) is 0 Å². The van der Waals surface area contributed by atoms with Crippen LogP contribution in [0.4, 0.5) is 0 Å². The highest BCUT2D eigenvalue weighted by Gasteiger charge is 2.17. The molecule has 0 radical (unpaired) electrons. The number of piperidine rings is 1. The van der Waals surface area contributed by atoms with Gasteiger partial charge in [0.1, 0.15) is 0 Å². The average molecular weight is 186 g/mol. The minimum absolute atomic E-state index is 0.881. The molecular formula is C11H26N2. The van der Waals surface area contributed by atoms with E-state index in [0.29, 0.717) is 0 Å². The molecule has 0 saturated carbocycles. The van der Waals surface area contributed by atoms with Crippen molar-refractivity contribution in [2.75, 3.05) is 33.7 Å². The summed E-state index contributed by atoms with van der Waals surface area (Å²) in [5, 5.41) is 0. The number of likely N-dealkylation sites (tertiary alicyclic amines) is 1. The van der Waals surface area contributed by atoms with Crippen LogP contribution in [0, 0.1) is 13.0 Å². The van der Waals surface area contributed by atoms with Crippen molar-refractivity contribution in [2.24, 2.45) is 5.92 Å². The lowest BCUT2D eigenvalue weighted by Gasteiger charge is -2.31. The number of nitrogens with zero attached hydrogens (tertiary/aromatic N) is 1. The smallest absolute Gasteiger partial charge is 0.0569 e. The summed E-state index contributed by atoms with van der Waals surface area (Å²) in [7, 11) is 8.30. The van der Waals surface area contributed by atoms with E-state index in [0.717, 1.165) is 5.92 Å². The summed E-state index contributed by atoms with van der Waals surface area (Å²) < 4.78 is 0. The first-order valence-electron chi connectivity index (χ1n) is 5.51. The molecule has 0 aromatic rings. The zero-order valence-electron chi connectivity index (χ0n) is 9.77. The zero-order valence-corrected chi connectivity index (χ0v) is 9.77. The van der Waals surface area contributed by atoms with Crippen molar-refractivity contribution in [2.45, 2.75) is 26.7 Å². The molecule has 13 heavy (non-hydrogen) atoms. The summed E-state index contributed by atoms with van der Waals surface area (Å²) in [5.74, 6) is 0.881. The Labute approximate surface area is 83.9 Å². The quantitative estimate of drug-likeness (QED) is 0.623. The van der Waals surface area contributed by atoms with Crippen LogP contribution in [-0.2, 0) is 0 Å². The number of hydrogen-bond acceptors (Lipinski definition) is 1. The molecule has 1 rings (SSSR count). The largest absolute Gasteiger partial charge is 0.470 e. The minimum atomic E-state index is 0.881. The maximum atomic E-state index is 3.96. The molecule has 1 fully saturated rings. The molecule has 1 saturated heterocycles. The molecule has 2 unspecified atom stereocenters. The first kappa shape index (κ1) is 12.9. The summed E-state index contributed by atoms with van der Waals surface area (Å²) in [6.45, 7) is 7.78. The highest BCUT2D eigenvalue weighted by atomic mass is 15.1. The maximum Gasteiger partial charge on any atom is 0.0569 e. The summed E-state index contributed by atoms with van der Waals surface area (Å²) >= 11 is 0. The van der Waals surface area contributed by atoms with Gasteiger partial charge in [-0.2, -0.15) is 7.05 Å². The summed E-state index contributed by atoms with van der Waals surface area (Å²) in [6.07, 6.45) is 2.77. The Kier molecular flexibility index (Phi) is 7.29. The lowest BCUT2D eigenvalue weighted by molar-refractivity contribution is -0.835. The number of quaternary nitrogens is 1. The van der Waals surface area contributed by atoms with E-state index in [1.54, 1.807) is 0 Å². The molecule has 0 aromatic heterocycles. The first-order valence-corrected chi connectivity index (χ1v) is 5.51. The van der Waals surface area contributed by atoms with E-state index < -0.39 is 0 Å². The Morgan fingerprint density at radius 2 is 2.08 bits per heavy atom. The van der Waals surface area contributed by atoms with Gasteiger partial charge in [0.2, 0.25) is 0 Å². The van der Waals surface area contributed by atoms with Gasteiger partial charge in [0.05, 0.1) is 6.54 Å². The van der Waals surface area contributed by atoms with Crippen molar-refractivity contribution in [3.05, 3.63) is 7.05 Å². The number of rotatable bonds is 2. The molecule has 0 amide bonds. The third-order valence-corrected chi connectivity index (χ3v) is 2.36. The average Bonchev–Trinajstić information content (AvgIpc) is 2.06. The lowest BCUT2D eigenvalue weighted by atomic mass is 9.98. The molecule has 80 valence electrons. The third-order valence-electron chi connectivity index (χ3n) is 2.36. The molecule has 0 aliphatic carbocycles. The predicted octanol–water partition coefficient (Wildman–Crippen LogP) is 0.661. The Bertz CT molecular complexity index is 111. The van der Waals surface area contributed by atoms with Gasteiger partial charge in [0, 0.05) is 19.5 Å². The molecule has 1 heterocycles. The van der Waals surface area contributed by atoms with Crippen LogP contribution in [0.5, 0.6) is 0 Å². The fraction of sp³-hybridized carbons (Fsp3) is 0.909. The summed E-state index contributed by atoms with van der Waals surface area (Å²) in [5.41, 5.74) is 0. The summed E-state index contributed by atoms with van der Waals surface area (Å²) in [4.78, 5) is 3.77. The van der Waals surface area contributed by atoms with Crippen LogP contribution in [0.25, 0.3) is 0 Å². The van der Waals surface area contributed by atoms with Crippen LogP contribution in [0.15, 0.2) is 0 Å². The van der Waals surface area contributed by atoms with E-state index in [1.165, 1.54) is 37.4 Å². The second-order valence-corrected chi connectivity index (χ2v) is 3.93. The second-order valence-electron chi connectivity index (χ2n) is 3.93. The molecular weight excluding hydrogens is 160 g/mol. The Balaban J connectivity index is 0.000000671. The fourth-order valence-corrected chi connectivity index (χ4v) is 1.93. The molecule has 1 aliphatic heterocycles. The van der Waals surface area contributed by atoms with Gasteiger partial charge in [-0.1, -0.05) is 13.8 Å². The van der Waals surface area contributed by atoms with E-state index in [1.807, 2.05) is 13.8 Å². The van der Waals surface area contributed by atoms with Gasteiger partial charge in [-0.15, -0.1) is 0 Å². The lowest BCUT2D eigenvalue weighted by Crippen LogP contribution is -3.04. The van der Waals surface area contributed by atoms with Crippen molar-refractivity contribution in [1.82, 2.24) is 4.90 Å².